The van der Waals surface area contributed by atoms with E-state index in [0.717, 1.165) is 21.0 Å². The molecule has 0 heterocycles. The van der Waals surface area contributed by atoms with Crippen LogP contribution in [-0.4, -0.2) is 68.3 Å². The molecule has 0 amide bonds. The van der Waals surface area contributed by atoms with Gasteiger partial charge in [0.25, 0.3) is 0 Å². The maximum Gasteiger partial charge on any atom is 0.0831 e. The van der Waals surface area contributed by atoms with E-state index in [-0.39, 0.29) is 22.5 Å². The Bertz CT molecular complexity index is 153. The fourth-order valence-corrected chi connectivity index (χ4v) is 0.596. The summed E-state index contributed by atoms with van der Waals surface area (Å²) >= 11 is 0. The minimum atomic E-state index is 0. The SMILES string of the molecule is CC(C)[N+](C)(C)C(C)C.CC[N+](C)(C)C.[Br-].[OH-]. The van der Waals surface area contributed by atoms with Crippen LogP contribution < -0.4 is 17.0 Å². The summed E-state index contributed by atoms with van der Waals surface area (Å²) in [6, 6.07) is 1.45. The maximum absolute atomic E-state index is 2.27. The summed E-state index contributed by atoms with van der Waals surface area (Å²) in [5, 5.41) is 0. The molecule has 0 spiro atoms. The molecule has 110 valence electrons. The summed E-state index contributed by atoms with van der Waals surface area (Å²) in [7, 11) is 11.1. The highest BCUT2D eigenvalue weighted by molar-refractivity contribution is 4.44. The van der Waals surface area contributed by atoms with Crippen molar-refractivity contribution in [2.24, 2.45) is 0 Å². The topological polar surface area (TPSA) is 30.0 Å². The van der Waals surface area contributed by atoms with Crippen LogP contribution in [0.2, 0.25) is 0 Å². The number of rotatable bonds is 3. The molecular weight excluding hydrogens is 280 g/mol. The highest BCUT2D eigenvalue weighted by atomic mass is 79.9. The van der Waals surface area contributed by atoms with Gasteiger partial charge in [0.15, 0.2) is 0 Å². The zero-order valence-corrected chi connectivity index (χ0v) is 15.2. The van der Waals surface area contributed by atoms with E-state index >= 15 is 0 Å². The summed E-state index contributed by atoms with van der Waals surface area (Å²) in [5.74, 6) is 0. The molecule has 0 aliphatic carbocycles. The van der Waals surface area contributed by atoms with Crippen LogP contribution in [0.4, 0.5) is 0 Å². The minimum absolute atomic E-state index is 0. The van der Waals surface area contributed by atoms with Gasteiger partial charge in [0, 0.05) is 0 Å². The average molecular weight is 315 g/mol. The van der Waals surface area contributed by atoms with Gasteiger partial charge in [-0.2, -0.15) is 0 Å². The Labute approximate surface area is 120 Å². The van der Waals surface area contributed by atoms with Gasteiger partial charge in [-0.15, -0.1) is 0 Å². The summed E-state index contributed by atoms with van der Waals surface area (Å²) in [6.45, 7) is 12.4. The van der Waals surface area contributed by atoms with E-state index in [1.54, 1.807) is 0 Å². The first-order valence-electron chi connectivity index (χ1n) is 6.09. The molecule has 4 heteroatoms. The number of quaternary nitrogens is 2. The molecule has 0 aliphatic rings. The predicted molar refractivity (Wildman–Crippen MR) is 72.9 cm³/mol. The van der Waals surface area contributed by atoms with Crippen LogP contribution >= 0.6 is 0 Å². The van der Waals surface area contributed by atoms with E-state index < -0.39 is 0 Å². The molecule has 0 saturated heterocycles. The second-order valence-corrected chi connectivity index (χ2v) is 6.42. The van der Waals surface area contributed by atoms with Crippen molar-refractivity contribution in [3.8, 4) is 0 Å². The Morgan fingerprint density at radius 3 is 0.941 bits per heavy atom. The Morgan fingerprint density at radius 2 is 0.941 bits per heavy atom. The number of hydrogen-bond acceptors (Lipinski definition) is 1. The Balaban J connectivity index is -0.0000000945. The van der Waals surface area contributed by atoms with Crippen LogP contribution in [0, 0.1) is 0 Å². The van der Waals surface area contributed by atoms with Crippen LogP contribution in [0.15, 0.2) is 0 Å². The second-order valence-electron chi connectivity index (χ2n) is 6.42. The first-order valence-corrected chi connectivity index (χ1v) is 6.09. The molecule has 0 saturated carbocycles. The molecule has 0 fully saturated rings. The summed E-state index contributed by atoms with van der Waals surface area (Å²) in [6.07, 6.45) is 0. The van der Waals surface area contributed by atoms with Gasteiger partial charge < -0.3 is 31.4 Å². The monoisotopic (exact) mass is 314 g/mol. The number of nitrogens with zero attached hydrogens (tertiary/aromatic N) is 2. The van der Waals surface area contributed by atoms with Crippen LogP contribution in [0.3, 0.4) is 0 Å². The van der Waals surface area contributed by atoms with Gasteiger partial charge in [-0.1, -0.05) is 0 Å². The molecule has 1 N–H and O–H groups in total. The Hall–Kier alpha value is 0.360. The first kappa shape index (κ1) is 26.0. The Morgan fingerprint density at radius 1 is 0.765 bits per heavy atom. The minimum Gasteiger partial charge on any atom is -1.00 e. The van der Waals surface area contributed by atoms with Gasteiger partial charge in [-0.05, 0) is 34.6 Å². The molecule has 0 aromatic heterocycles. The molecular formula is C13H35BrN2O. The van der Waals surface area contributed by atoms with Gasteiger partial charge in [0.05, 0.1) is 53.9 Å². The van der Waals surface area contributed by atoms with Gasteiger partial charge in [0.1, 0.15) is 0 Å². The molecule has 0 aromatic carbocycles. The van der Waals surface area contributed by atoms with Crippen LogP contribution in [0.1, 0.15) is 34.6 Å². The average Bonchev–Trinajstić information content (AvgIpc) is 2.03. The third-order valence-corrected chi connectivity index (χ3v) is 3.61. The third-order valence-electron chi connectivity index (χ3n) is 3.61. The standard InChI is InChI=1S/C8H20N.C5H14N.BrH.H2O/c1-7(2)9(5,6)8(3)4;1-5-6(2,3)4;;/h7-8H,1-6H3;5H2,1-4H3;1H;1H2/q2*+1;;/p-2. The second kappa shape index (κ2) is 10.3. The van der Waals surface area contributed by atoms with Gasteiger partial charge in [0.2, 0.25) is 0 Å². The van der Waals surface area contributed by atoms with E-state index in [9.17, 15) is 0 Å². The molecule has 0 bridgehead atoms. The fraction of sp³-hybridized carbons (Fsp3) is 1.00. The third kappa shape index (κ3) is 14.3. The smallest absolute Gasteiger partial charge is 0.0831 e. The van der Waals surface area contributed by atoms with E-state index in [1.165, 1.54) is 6.54 Å². The molecule has 0 atom stereocenters. The molecule has 3 nitrogen and oxygen atoms in total. The van der Waals surface area contributed by atoms with Gasteiger partial charge in [-0.25, -0.2) is 0 Å². The van der Waals surface area contributed by atoms with E-state index in [0.29, 0.717) is 0 Å². The number of halogens is 1. The molecule has 0 aromatic rings. The molecule has 0 rings (SSSR count). The largest absolute Gasteiger partial charge is 1.00 e. The van der Waals surface area contributed by atoms with Crippen molar-refractivity contribution in [3.63, 3.8) is 0 Å². The van der Waals surface area contributed by atoms with Gasteiger partial charge in [-0.3, -0.25) is 0 Å². The molecule has 0 unspecified atom stereocenters. The first-order chi connectivity index (χ1) is 6.45. The van der Waals surface area contributed by atoms with Crippen molar-refractivity contribution < 1.29 is 31.4 Å². The highest BCUT2D eigenvalue weighted by Gasteiger charge is 2.22. The summed E-state index contributed by atoms with van der Waals surface area (Å²) < 4.78 is 2.18. The summed E-state index contributed by atoms with van der Waals surface area (Å²) in [5.41, 5.74) is 0. The van der Waals surface area contributed by atoms with Crippen molar-refractivity contribution in [2.45, 2.75) is 46.7 Å². The molecule has 0 aliphatic heterocycles. The predicted octanol–water partition coefficient (Wildman–Crippen LogP) is -0.581. The van der Waals surface area contributed by atoms with Crippen molar-refractivity contribution in [1.82, 2.24) is 0 Å². The Kier molecular flexibility index (Phi) is 15.8. The highest BCUT2D eigenvalue weighted by Crippen LogP contribution is 2.10. The van der Waals surface area contributed by atoms with E-state index in [1.807, 2.05) is 0 Å². The maximum atomic E-state index is 2.27. The number of hydrogen-bond donors (Lipinski definition) is 0. The summed E-state index contributed by atoms with van der Waals surface area (Å²) in [4.78, 5) is 0. The van der Waals surface area contributed by atoms with Crippen molar-refractivity contribution in [2.75, 3.05) is 41.8 Å². The lowest BCUT2D eigenvalue weighted by atomic mass is 10.2. The van der Waals surface area contributed by atoms with Crippen LogP contribution in [-0.2, 0) is 0 Å². The quantitative estimate of drug-likeness (QED) is 0.641. The lowest BCUT2D eigenvalue weighted by Gasteiger charge is -2.38. The van der Waals surface area contributed by atoms with Crippen LogP contribution in [0.25, 0.3) is 0 Å². The van der Waals surface area contributed by atoms with Gasteiger partial charge >= 0.3 is 0 Å². The van der Waals surface area contributed by atoms with Crippen molar-refractivity contribution in [3.05, 3.63) is 0 Å². The molecule has 17 heavy (non-hydrogen) atoms. The molecule has 0 radical (unpaired) electrons. The normalized spacial score (nSPS) is 11.3. The van der Waals surface area contributed by atoms with E-state index in [4.69, 9.17) is 0 Å². The van der Waals surface area contributed by atoms with E-state index in [2.05, 4.69) is 69.9 Å². The van der Waals surface area contributed by atoms with Crippen LogP contribution in [0.5, 0.6) is 0 Å². The lowest BCUT2D eigenvalue weighted by Crippen LogP contribution is -3.00. The fourth-order valence-electron chi connectivity index (χ4n) is 0.596. The van der Waals surface area contributed by atoms with Crippen molar-refractivity contribution in [1.29, 1.82) is 0 Å². The lowest BCUT2D eigenvalue weighted by molar-refractivity contribution is -0.931. The zero-order chi connectivity index (χ0) is 12.9. The zero-order valence-electron chi connectivity index (χ0n) is 13.6. The van der Waals surface area contributed by atoms with Crippen molar-refractivity contribution >= 4 is 0 Å².